The molecule has 0 aliphatic rings. The van der Waals surface area contributed by atoms with Gasteiger partial charge in [-0.15, -0.1) is 17.8 Å². The van der Waals surface area contributed by atoms with Gasteiger partial charge >= 0.3 is 18.1 Å². The van der Waals surface area contributed by atoms with Crippen molar-refractivity contribution in [2.45, 2.75) is 19.1 Å². The monoisotopic (exact) mass is 410 g/mol. The molecule has 27 heavy (non-hydrogen) atoms. The van der Waals surface area contributed by atoms with Crippen molar-refractivity contribution in [3.05, 3.63) is 22.9 Å². The van der Waals surface area contributed by atoms with E-state index in [2.05, 4.69) is 25.9 Å². The molecule has 0 bridgehead atoms. The Morgan fingerprint density at radius 2 is 2.19 bits per heavy atom. The normalized spacial score (nSPS) is 11.4. The van der Waals surface area contributed by atoms with Gasteiger partial charge in [-0.2, -0.15) is 23.2 Å². The van der Waals surface area contributed by atoms with Crippen molar-refractivity contribution in [3.63, 3.8) is 0 Å². The number of hydrogen-bond acceptors (Lipinski definition) is 6. The summed E-state index contributed by atoms with van der Waals surface area (Å²) in [5, 5.41) is 6.13. The molecule has 0 radical (unpaired) electrons. The van der Waals surface area contributed by atoms with Crippen LogP contribution in [0.4, 0.5) is 26.7 Å². The van der Waals surface area contributed by atoms with Crippen LogP contribution in [0.5, 0.6) is 0 Å². The quantitative estimate of drug-likeness (QED) is 0.431. The van der Waals surface area contributed by atoms with Gasteiger partial charge < -0.3 is 9.84 Å². The average Bonchev–Trinajstić information content (AvgIpc) is 3.24. The molecule has 2 amide bonds. The van der Waals surface area contributed by atoms with Gasteiger partial charge in [0.1, 0.15) is 6.61 Å². The molecular weight excluding hydrogens is 399 g/mol. The van der Waals surface area contributed by atoms with Crippen LogP contribution in [0, 0.1) is 12.3 Å². The van der Waals surface area contributed by atoms with E-state index in [0.717, 1.165) is 11.3 Å². The maximum Gasteiger partial charge on any atom is 0.471 e. The minimum Gasteiger partial charge on any atom is -0.329 e. The SMILES string of the molecule is C#CCNC(=O)N(Cc1ccc(-c2noc(C(F)(F)F)n2)s1)OCC(F)F. The number of alkyl halides is 5. The second-order valence-electron chi connectivity index (χ2n) is 4.77. The Morgan fingerprint density at radius 3 is 2.78 bits per heavy atom. The minimum absolute atomic E-state index is 0.147. The Bertz CT molecular complexity index is 814. The first-order valence-corrected chi connectivity index (χ1v) is 7.92. The average molecular weight is 410 g/mol. The number of thiophene rings is 1. The molecule has 1 N–H and O–H groups in total. The highest BCUT2D eigenvalue weighted by Gasteiger charge is 2.38. The molecule has 13 heteroatoms. The Morgan fingerprint density at radius 1 is 1.44 bits per heavy atom. The van der Waals surface area contributed by atoms with Gasteiger partial charge in [0, 0.05) is 4.88 Å². The summed E-state index contributed by atoms with van der Waals surface area (Å²) in [5.41, 5.74) is 0. The van der Waals surface area contributed by atoms with E-state index in [0.29, 0.717) is 9.94 Å². The molecule has 0 aliphatic heterocycles. The fraction of sp³-hybridized carbons (Fsp3) is 0.357. The zero-order chi connectivity index (χ0) is 20.0. The first-order chi connectivity index (χ1) is 12.7. The highest BCUT2D eigenvalue weighted by atomic mass is 32.1. The number of terminal acetylenes is 1. The van der Waals surface area contributed by atoms with Gasteiger partial charge in [0.25, 0.3) is 6.43 Å². The van der Waals surface area contributed by atoms with Crippen molar-refractivity contribution in [2.24, 2.45) is 0 Å². The number of halogens is 5. The molecule has 0 aromatic carbocycles. The maximum absolute atomic E-state index is 12.5. The molecule has 0 unspecified atom stereocenters. The number of nitrogens with zero attached hydrogens (tertiary/aromatic N) is 3. The summed E-state index contributed by atoms with van der Waals surface area (Å²) in [4.78, 5) is 20.5. The highest BCUT2D eigenvalue weighted by Crippen LogP contribution is 2.32. The molecule has 0 atom stereocenters. The summed E-state index contributed by atoms with van der Waals surface area (Å²) < 4.78 is 66.3. The predicted octanol–water partition coefficient (Wildman–Crippen LogP) is 3.16. The summed E-state index contributed by atoms with van der Waals surface area (Å²) in [7, 11) is 0. The summed E-state index contributed by atoms with van der Waals surface area (Å²) in [5.74, 6) is 0.351. The van der Waals surface area contributed by atoms with Crippen molar-refractivity contribution in [1.29, 1.82) is 0 Å². The first kappa shape index (κ1) is 20.6. The number of hydrogen-bond donors (Lipinski definition) is 1. The van der Waals surface area contributed by atoms with E-state index in [-0.39, 0.29) is 23.8 Å². The van der Waals surface area contributed by atoms with Crippen molar-refractivity contribution in [1.82, 2.24) is 20.5 Å². The molecular formula is C14H11F5N4O3S. The first-order valence-electron chi connectivity index (χ1n) is 7.10. The van der Waals surface area contributed by atoms with Gasteiger partial charge in [0.05, 0.1) is 18.0 Å². The number of urea groups is 1. The molecule has 0 saturated carbocycles. The molecule has 146 valence electrons. The van der Waals surface area contributed by atoms with Crippen molar-refractivity contribution in [2.75, 3.05) is 13.2 Å². The Hall–Kier alpha value is -2.72. The van der Waals surface area contributed by atoms with E-state index in [1.807, 2.05) is 0 Å². The lowest BCUT2D eigenvalue weighted by molar-refractivity contribution is -0.159. The lowest BCUT2D eigenvalue weighted by Gasteiger charge is -2.21. The molecule has 0 spiro atoms. The number of rotatable bonds is 7. The van der Waals surface area contributed by atoms with Gasteiger partial charge in [0.2, 0.25) is 5.82 Å². The molecule has 0 aliphatic carbocycles. The number of nitrogens with one attached hydrogen (secondary N) is 1. The van der Waals surface area contributed by atoms with E-state index in [4.69, 9.17) is 11.3 Å². The number of carbonyl (C=O) groups is 1. The van der Waals surface area contributed by atoms with E-state index in [1.54, 1.807) is 0 Å². The van der Waals surface area contributed by atoms with E-state index < -0.39 is 31.1 Å². The summed E-state index contributed by atoms with van der Waals surface area (Å²) >= 11 is 0.932. The van der Waals surface area contributed by atoms with Crippen LogP contribution in [0.15, 0.2) is 16.7 Å². The smallest absolute Gasteiger partial charge is 0.329 e. The van der Waals surface area contributed by atoms with E-state index in [1.165, 1.54) is 12.1 Å². The fourth-order valence-electron chi connectivity index (χ4n) is 1.70. The van der Waals surface area contributed by atoms with Crippen LogP contribution in [0.3, 0.4) is 0 Å². The third-order valence-electron chi connectivity index (χ3n) is 2.77. The van der Waals surface area contributed by atoms with Gasteiger partial charge in [-0.25, -0.2) is 13.6 Å². The van der Waals surface area contributed by atoms with Crippen LogP contribution in [-0.2, 0) is 17.6 Å². The standard InChI is InChI=1S/C14H11F5N4O3S/c1-2-5-20-13(24)23(25-7-10(15)16)6-8-3-4-9(27-8)11-21-12(26-22-11)14(17,18)19/h1,3-4,10H,5-7H2,(H,20,24). The Labute approximate surface area is 153 Å². The van der Waals surface area contributed by atoms with Crippen LogP contribution in [0.1, 0.15) is 10.8 Å². The topological polar surface area (TPSA) is 80.5 Å². The van der Waals surface area contributed by atoms with Gasteiger partial charge in [-0.3, -0.25) is 4.84 Å². The number of hydroxylamine groups is 2. The van der Waals surface area contributed by atoms with Crippen LogP contribution in [-0.4, -0.2) is 40.8 Å². The zero-order valence-electron chi connectivity index (χ0n) is 13.3. The minimum atomic E-state index is -4.78. The lowest BCUT2D eigenvalue weighted by Crippen LogP contribution is -2.40. The van der Waals surface area contributed by atoms with E-state index in [9.17, 15) is 26.7 Å². The predicted molar refractivity (Wildman–Crippen MR) is 82.3 cm³/mol. The van der Waals surface area contributed by atoms with Crippen molar-refractivity contribution in [3.8, 4) is 23.0 Å². The van der Waals surface area contributed by atoms with Gasteiger partial charge in [-0.05, 0) is 12.1 Å². The Balaban J connectivity index is 2.11. The summed E-state index contributed by atoms with van der Waals surface area (Å²) in [6, 6.07) is 2.01. The van der Waals surface area contributed by atoms with Crippen LogP contribution >= 0.6 is 11.3 Å². The number of amides is 2. The molecule has 2 rings (SSSR count). The highest BCUT2D eigenvalue weighted by molar-refractivity contribution is 7.15. The second kappa shape index (κ2) is 8.78. The van der Waals surface area contributed by atoms with Crippen molar-refractivity contribution >= 4 is 17.4 Å². The fourth-order valence-corrected chi connectivity index (χ4v) is 2.61. The van der Waals surface area contributed by atoms with Gasteiger partial charge in [0.15, 0.2) is 0 Å². The number of aromatic nitrogens is 2. The lowest BCUT2D eigenvalue weighted by atomic mass is 10.4. The van der Waals surface area contributed by atoms with Gasteiger partial charge in [-0.1, -0.05) is 11.1 Å². The van der Waals surface area contributed by atoms with E-state index >= 15 is 0 Å². The second-order valence-corrected chi connectivity index (χ2v) is 5.94. The molecule has 7 nitrogen and oxygen atoms in total. The third-order valence-corrected chi connectivity index (χ3v) is 3.84. The maximum atomic E-state index is 12.5. The van der Waals surface area contributed by atoms with Crippen LogP contribution < -0.4 is 5.32 Å². The van der Waals surface area contributed by atoms with Crippen LogP contribution in [0.25, 0.3) is 10.7 Å². The Kier molecular flexibility index (Phi) is 6.70. The molecule has 0 fully saturated rings. The third kappa shape index (κ3) is 5.90. The molecule has 2 heterocycles. The molecule has 2 aromatic rings. The summed E-state index contributed by atoms with van der Waals surface area (Å²) in [6.07, 6.45) is -2.58. The zero-order valence-corrected chi connectivity index (χ0v) is 14.1. The summed E-state index contributed by atoms with van der Waals surface area (Å²) in [6.45, 7) is -1.43. The largest absolute Gasteiger partial charge is 0.471 e. The van der Waals surface area contributed by atoms with Crippen LogP contribution in [0.2, 0.25) is 0 Å². The molecule has 0 saturated heterocycles. The number of carbonyl (C=O) groups excluding carboxylic acids is 1. The molecule has 2 aromatic heterocycles. The van der Waals surface area contributed by atoms with Crippen molar-refractivity contribution < 1.29 is 36.1 Å².